The summed E-state index contributed by atoms with van der Waals surface area (Å²) in [5.74, 6) is -0.446. The van der Waals surface area contributed by atoms with Crippen LogP contribution in [0.15, 0.2) is 33.1 Å². The number of aliphatic carboxylic acids is 1. The van der Waals surface area contributed by atoms with Crippen molar-refractivity contribution >= 4 is 73.4 Å². The Morgan fingerprint density at radius 3 is 2.73 bits per heavy atom. The molecule has 0 radical (unpaired) electrons. The lowest BCUT2D eigenvalue weighted by Crippen LogP contribution is -2.38. The first-order valence-corrected chi connectivity index (χ1v) is 12.4. The zero-order valence-corrected chi connectivity index (χ0v) is 20.6. The molecule has 0 atom stereocenters. The minimum Gasteiger partial charge on any atom is -0.480 e. The number of urea groups is 1. The highest BCUT2D eigenvalue weighted by Crippen LogP contribution is 2.38. The van der Waals surface area contributed by atoms with E-state index >= 15 is 0 Å². The maximum atomic E-state index is 13.1. The number of aromatic nitrogens is 1. The van der Waals surface area contributed by atoms with E-state index in [9.17, 15) is 14.7 Å². The first kappa shape index (κ1) is 23.4. The van der Waals surface area contributed by atoms with Crippen LogP contribution < -0.4 is 10.2 Å². The Bertz CT molecular complexity index is 932. The lowest BCUT2D eigenvalue weighted by atomic mass is 10.1. The van der Waals surface area contributed by atoms with E-state index in [-0.39, 0.29) is 6.03 Å². The molecule has 0 bridgehead atoms. The zero-order valence-electron chi connectivity index (χ0n) is 16.7. The molecule has 6 nitrogen and oxygen atoms in total. The summed E-state index contributed by atoms with van der Waals surface area (Å²) in [4.78, 5) is 30.4. The molecule has 2 N–H and O–H groups in total. The summed E-state index contributed by atoms with van der Waals surface area (Å²) in [6, 6.07) is 5.20. The summed E-state index contributed by atoms with van der Waals surface area (Å²) in [5, 5.41) is 13.1. The van der Waals surface area contributed by atoms with Crippen molar-refractivity contribution in [2.24, 2.45) is 5.92 Å². The number of carbonyl (C=O) groups excluding carboxylic acids is 1. The van der Waals surface area contributed by atoms with E-state index in [1.54, 1.807) is 31.0 Å². The summed E-state index contributed by atoms with van der Waals surface area (Å²) in [6.45, 7) is 3.89. The molecule has 2 amide bonds. The second-order valence-corrected chi connectivity index (χ2v) is 11.9. The smallest absolute Gasteiger partial charge is 0.328 e. The highest BCUT2D eigenvalue weighted by Gasteiger charge is 2.30. The van der Waals surface area contributed by atoms with E-state index < -0.39 is 10.7 Å². The molecule has 3 rings (SSSR count). The third-order valence-corrected chi connectivity index (χ3v) is 8.38. The van der Waals surface area contributed by atoms with Gasteiger partial charge in [-0.15, -0.1) is 0 Å². The van der Waals surface area contributed by atoms with Crippen molar-refractivity contribution in [3.05, 3.63) is 33.9 Å². The molecular weight excluding hydrogens is 510 g/mol. The standard InChI is InChI=1S/C20H23BrClN3O3S2/c1-20(2,17(26)27)30-16-10-23-18(29-16)24-19(28)25(11-12-5-3-4-6-12)13-7-8-14(21)15(22)9-13/h7-10,12H,3-6,11H2,1-2H3,(H,26,27)(H,23,24,28). The molecule has 1 saturated carbocycles. The van der Waals surface area contributed by atoms with Gasteiger partial charge in [0.05, 0.1) is 15.4 Å². The number of thiazole rings is 1. The minimum atomic E-state index is -0.976. The van der Waals surface area contributed by atoms with E-state index in [1.807, 2.05) is 12.1 Å². The second-order valence-electron chi connectivity index (χ2n) is 7.69. The van der Waals surface area contributed by atoms with Crippen LogP contribution >= 0.6 is 50.6 Å². The van der Waals surface area contributed by atoms with E-state index in [0.29, 0.717) is 22.6 Å². The highest BCUT2D eigenvalue weighted by atomic mass is 79.9. The van der Waals surface area contributed by atoms with Gasteiger partial charge in [-0.1, -0.05) is 47.5 Å². The normalized spacial score (nSPS) is 14.7. The number of thioether (sulfide) groups is 1. The Kier molecular flexibility index (Phi) is 7.71. The van der Waals surface area contributed by atoms with Crippen LogP contribution in [-0.2, 0) is 4.79 Å². The van der Waals surface area contributed by atoms with Crippen LogP contribution in [0, 0.1) is 5.92 Å². The van der Waals surface area contributed by atoms with Gasteiger partial charge in [-0.05, 0) is 66.7 Å². The number of carboxylic acids is 1. The van der Waals surface area contributed by atoms with Crippen LogP contribution in [0.25, 0.3) is 0 Å². The van der Waals surface area contributed by atoms with E-state index in [4.69, 9.17) is 11.6 Å². The van der Waals surface area contributed by atoms with Crippen molar-refractivity contribution in [1.82, 2.24) is 4.98 Å². The number of benzene rings is 1. The van der Waals surface area contributed by atoms with Crippen LogP contribution in [0.5, 0.6) is 0 Å². The topological polar surface area (TPSA) is 82.5 Å². The van der Waals surface area contributed by atoms with Crippen molar-refractivity contribution in [3.63, 3.8) is 0 Å². The first-order valence-electron chi connectivity index (χ1n) is 9.57. The summed E-state index contributed by atoms with van der Waals surface area (Å²) >= 11 is 12.1. The molecule has 1 fully saturated rings. The van der Waals surface area contributed by atoms with Gasteiger partial charge in [-0.25, -0.2) is 9.78 Å². The molecule has 0 aliphatic heterocycles. The van der Waals surface area contributed by atoms with Gasteiger partial charge in [-0.3, -0.25) is 15.0 Å². The Morgan fingerprint density at radius 1 is 1.40 bits per heavy atom. The van der Waals surface area contributed by atoms with Crippen LogP contribution in [0.1, 0.15) is 39.5 Å². The Hall–Kier alpha value is -1.29. The number of hydrogen-bond donors (Lipinski definition) is 2. The predicted molar refractivity (Wildman–Crippen MR) is 127 cm³/mol. The Labute approximate surface area is 197 Å². The fourth-order valence-corrected chi connectivity index (χ4v) is 5.91. The van der Waals surface area contributed by atoms with E-state index in [1.165, 1.54) is 35.9 Å². The first-order chi connectivity index (χ1) is 14.2. The number of anilines is 2. The molecular formula is C20H23BrClN3O3S2. The Morgan fingerprint density at radius 2 is 2.10 bits per heavy atom. The average molecular weight is 533 g/mol. The number of hydrogen-bond acceptors (Lipinski definition) is 5. The van der Waals surface area contributed by atoms with Crippen LogP contribution in [0.2, 0.25) is 5.02 Å². The molecule has 1 aliphatic carbocycles. The third kappa shape index (κ3) is 5.90. The van der Waals surface area contributed by atoms with E-state index in [0.717, 1.165) is 27.2 Å². The predicted octanol–water partition coefficient (Wildman–Crippen LogP) is 6.74. The van der Waals surface area contributed by atoms with Gasteiger partial charge < -0.3 is 5.11 Å². The van der Waals surface area contributed by atoms with Crippen LogP contribution in [0.3, 0.4) is 0 Å². The fraction of sp³-hybridized carbons (Fsp3) is 0.450. The maximum Gasteiger partial charge on any atom is 0.328 e. The van der Waals surface area contributed by atoms with E-state index in [2.05, 4.69) is 26.2 Å². The summed E-state index contributed by atoms with van der Waals surface area (Å²) in [7, 11) is 0. The molecule has 10 heteroatoms. The second kappa shape index (κ2) is 9.89. The number of carbonyl (C=O) groups is 2. The third-order valence-electron chi connectivity index (χ3n) is 4.94. The molecule has 30 heavy (non-hydrogen) atoms. The molecule has 1 aromatic heterocycles. The minimum absolute atomic E-state index is 0.274. The summed E-state index contributed by atoms with van der Waals surface area (Å²) < 4.78 is 0.528. The van der Waals surface area contributed by atoms with Gasteiger partial charge in [0.25, 0.3) is 0 Å². The quantitative estimate of drug-likeness (QED) is 0.386. The highest BCUT2D eigenvalue weighted by molar-refractivity contribution is 9.10. The van der Waals surface area contributed by atoms with Crippen molar-refractivity contribution in [2.45, 2.75) is 48.5 Å². The molecule has 0 unspecified atom stereocenters. The number of rotatable bonds is 7. The van der Waals surface area contributed by atoms with Gasteiger partial charge >= 0.3 is 12.0 Å². The number of carboxylic acid groups (broad SMARTS) is 1. The fourth-order valence-electron chi connectivity index (χ4n) is 3.23. The number of nitrogens with one attached hydrogen (secondary N) is 1. The lowest BCUT2D eigenvalue weighted by molar-refractivity contribution is -0.138. The molecule has 1 heterocycles. The monoisotopic (exact) mass is 531 g/mol. The van der Waals surface area contributed by atoms with Gasteiger partial charge in [0.15, 0.2) is 5.13 Å². The molecule has 1 aromatic carbocycles. The average Bonchev–Trinajstić information content (AvgIpc) is 3.33. The van der Waals surface area contributed by atoms with Gasteiger partial charge in [0.1, 0.15) is 4.75 Å². The Balaban J connectivity index is 1.76. The molecule has 2 aromatic rings. The van der Waals surface area contributed by atoms with Gasteiger partial charge in [0, 0.05) is 16.7 Å². The summed E-state index contributed by atoms with van der Waals surface area (Å²) in [5.41, 5.74) is 0.728. The maximum absolute atomic E-state index is 13.1. The van der Waals surface area contributed by atoms with Crippen molar-refractivity contribution < 1.29 is 14.7 Å². The number of nitrogens with zero attached hydrogens (tertiary/aromatic N) is 2. The SMILES string of the molecule is CC(C)(Sc1cnc(NC(=O)N(CC2CCCC2)c2ccc(Br)c(Cl)c2)s1)C(=O)O. The summed E-state index contributed by atoms with van der Waals surface area (Å²) in [6.07, 6.45) is 6.18. The van der Waals surface area contributed by atoms with Crippen molar-refractivity contribution in [3.8, 4) is 0 Å². The van der Waals surface area contributed by atoms with Gasteiger partial charge in [0.2, 0.25) is 0 Å². The van der Waals surface area contributed by atoms with Crippen LogP contribution in [0.4, 0.5) is 15.6 Å². The lowest BCUT2D eigenvalue weighted by Gasteiger charge is -2.26. The molecule has 0 spiro atoms. The van der Waals surface area contributed by atoms with Crippen molar-refractivity contribution in [1.29, 1.82) is 0 Å². The van der Waals surface area contributed by atoms with Gasteiger partial charge in [-0.2, -0.15) is 0 Å². The van der Waals surface area contributed by atoms with Crippen LogP contribution in [-0.4, -0.2) is 33.4 Å². The zero-order chi connectivity index (χ0) is 21.9. The molecule has 1 aliphatic rings. The number of amides is 2. The molecule has 0 saturated heterocycles. The van der Waals surface area contributed by atoms with Crippen molar-refractivity contribution in [2.75, 3.05) is 16.8 Å². The molecule has 162 valence electrons. The number of halogens is 2. The largest absolute Gasteiger partial charge is 0.480 e.